The van der Waals surface area contributed by atoms with E-state index < -0.39 is 30.8 Å². The summed E-state index contributed by atoms with van der Waals surface area (Å²) < 4.78 is 37.0. The van der Waals surface area contributed by atoms with E-state index in [-0.39, 0.29) is 5.92 Å². The molecule has 3 nitrogen and oxygen atoms in total. The van der Waals surface area contributed by atoms with Gasteiger partial charge < -0.3 is 5.11 Å². The summed E-state index contributed by atoms with van der Waals surface area (Å²) in [6.45, 7) is 2.02. The fraction of sp³-hybridized carbons (Fsp3) is 0.900. The standard InChI is InChI=1S/C10H16F3NO2/c1-6(2)14(5-10(11,12)13)8(9(15)16)7-3-4-7/h6-8H,3-5H2,1-2H3,(H,15,16). The second-order valence-corrected chi connectivity index (χ2v) is 4.50. The van der Waals surface area contributed by atoms with E-state index in [1.807, 2.05) is 0 Å². The second-order valence-electron chi connectivity index (χ2n) is 4.50. The van der Waals surface area contributed by atoms with Crippen molar-refractivity contribution in [3.05, 3.63) is 0 Å². The Morgan fingerprint density at radius 2 is 1.94 bits per heavy atom. The minimum atomic E-state index is -4.35. The number of carboxylic acids is 1. The molecule has 1 fully saturated rings. The lowest BCUT2D eigenvalue weighted by molar-refractivity contribution is -0.166. The highest BCUT2D eigenvalue weighted by atomic mass is 19.4. The summed E-state index contributed by atoms with van der Waals surface area (Å²) in [7, 11) is 0. The summed E-state index contributed by atoms with van der Waals surface area (Å²) in [6, 6.07) is -1.43. The lowest BCUT2D eigenvalue weighted by atomic mass is 10.1. The molecule has 0 aromatic rings. The fourth-order valence-electron chi connectivity index (χ4n) is 1.84. The van der Waals surface area contributed by atoms with Crippen molar-refractivity contribution in [1.82, 2.24) is 4.90 Å². The molecule has 0 radical (unpaired) electrons. The Morgan fingerprint density at radius 3 is 2.19 bits per heavy atom. The largest absolute Gasteiger partial charge is 0.480 e. The molecule has 0 heterocycles. The van der Waals surface area contributed by atoms with Crippen molar-refractivity contribution < 1.29 is 23.1 Å². The first-order chi connectivity index (χ1) is 7.22. The van der Waals surface area contributed by atoms with Crippen LogP contribution in [0.1, 0.15) is 26.7 Å². The molecule has 0 bridgehead atoms. The van der Waals surface area contributed by atoms with Gasteiger partial charge in [-0.05, 0) is 32.6 Å². The number of rotatable bonds is 5. The van der Waals surface area contributed by atoms with Gasteiger partial charge in [-0.25, -0.2) is 0 Å². The van der Waals surface area contributed by atoms with E-state index in [9.17, 15) is 18.0 Å². The number of carboxylic acid groups (broad SMARTS) is 1. The molecule has 1 aliphatic rings. The molecule has 0 aromatic heterocycles. The third-order valence-corrected chi connectivity index (χ3v) is 2.70. The zero-order valence-corrected chi connectivity index (χ0v) is 9.29. The molecule has 1 rings (SSSR count). The molecule has 0 aromatic carbocycles. The van der Waals surface area contributed by atoms with E-state index in [0.717, 1.165) is 4.90 Å². The number of halogens is 3. The zero-order chi connectivity index (χ0) is 12.5. The maximum atomic E-state index is 12.3. The Labute approximate surface area is 92.2 Å². The highest BCUT2D eigenvalue weighted by Crippen LogP contribution is 2.37. The smallest absolute Gasteiger partial charge is 0.401 e. The summed E-state index contributed by atoms with van der Waals surface area (Å²) in [5.74, 6) is -1.28. The van der Waals surface area contributed by atoms with E-state index in [1.54, 1.807) is 13.8 Å². The Morgan fingerprint density at radius 1 is 1.44 bits per heavy atom. The third-order valence-electron chi connectivity index (χ3n) is 2.70. The topological polar surface area (TPSA) is 40.5 Å². The first-order valence-electron chi connectivity index (χ1n) is 5.27. The van der Waals surface area contributed by atoms with E-state index in [2.05, 4.69) is 0 Å². The molecule has 6 heteroatoms. The molecule has 0 spiro atoms. The normalized spacial score (nSPS) is 19.2. The van der Waals surface area contributed by atoms with Crippen LogP contribution in [-0.2, 0) is 4.79 Å². The van der Waals surface area contributed by atoms with Gasteiger partial charge in [-0.15, -0.1) is 0 Å². The molecule has 16 heavy (non-hydrogen) atoms. The molecule has 1 atom stereocenters. The number of hydrogen-bond donors (Lipinski definition) is 1. The highest BCUT2D eigenvalue weighted by Gasteiger charge is 2.44. The van der Waals surface area contributed by atoms with Gasteiger partial charge in [0.1, 0.15) is 6.04 Å². The van der Waals surface area contributed by atoms with Crippen LogP contribution in [-0.4, -0.2) is 40.8 Å². The van der Waals surface area contributed by atoms with Crippen LogP contribution in [0.5, 0.6) is 0 Å². The van der Waals surface area contributed by atoms with Gasteiger partial charge in [0, 0.05) is 6.04 Å². The highest BCUT2D eigenvalue weighted by molar-refractivity contribution is 5.74. The van der Waals surface area contributed by atoms with Crippen LogP contribution in [0.3, 0.4) is 0 Å². The summed E-state index contributed by atoms with van der Waals surface area (Å²) in [5.41, 5.74) is 0. The number of nitrogens with zero attached hydrogens (tertiary/aromatic N) is 1. The molecule has 0 saturated heterocycles. The van der Waals surface area contributed by atoms with Crippen molar-refractivity contribution in [2.75, 3.05) is 6.54 Å². The summed E-state index contributed by atoms with van der Waals surface area (Å²) in [4.78, 5) is 12.0. The number of alkyl halides is 3. The SMILES string of the molecule is CC(C)N(CC(F)(F)F)C(C(=O)O)C1CC1. The molecular weight excluding hydrogens is 223 g/mol. The number of carbonyl (C=O) groups is 1. The van der Waals surface area contributed by atoms with Crippen LogP contribution in [0.25, 0.3) is 0 Å². The van der Waals surface area contributed by atoms with E-state index in [1.165, 1.54) is 0 Å². The Kier molecular flexibility index (Phi) is 3.83. The number of hydrogen-bond acceptors (Lipinski definition) is 2. The molecular formula is C10H16F3NO2. The summed E-state index contributed by atoms with van der Waals surface area (Å²) in [5, 5.41) is 8.99. The average Bonchev–Trinajstić information content (AvgIpc) is 2.83. The van der Waals surface area contributed by atoms with Crippen LogP contribution >= 0.6 is 0 Å². The maximum Gasteiger partial charge on any atom is 0.401 e. The molecule has 94 valence electrons. The van der Waals surface area contributed by atoms with Gasteiger partial charge in [-0.2, -0.15) is 13.2 Å². The van der Waals surface area contributed by atoms with Gasteiger partial charge in [0.15, 0.2) is 0 Å². The van der Waals surface area contributed by atoms with E-state index in [4.69, 9.17) is 5.11 Å². The third kappa shape index (κ3) is 3.66. The van der Waals surface area contributed by atoms with Crippen LogP contribution in [0, 0.1) is 5.92 Å². The average molecular weight is 239 g/mol. The minimum absolute atomic E-state index is 0.123. The van der Waals surface area contributed by atoms with Gasteiger partial charge in [-0.1, -0.05) is 0 Å². The first-order valence-corrected chi connectivity index (χ1v) is 5.27. The van der Waals surface area contributed by atoms with Crippen molar-refractivity contribution in [1.29, 1.82) is 0 Å². The van der Waals surface area contributed by atoms with Crippen molar-refractivity contribution >= 4 is 5.97 Å². The zero-order valence-electron chi connectivity index (χ0n) is 9.29. The van der Waals surface area contributed by atoms with Crippen LogP contribution in [0.2, 0.25) is 0 Å². The Bertz CT molecular complexity index is 261. The maximum absolute atomic E-state index is 12.3. The second kappa shape index (κ2) is 4.61. The fourth-order valence-corrected chi connectivity index (χ4v) is 1.84. The van der Waals surface area contributed by atoms with Gasteiger partial charge >= 0.3 is 12.1 Å². The van der Waals surface area contributed by atoms with Crippen molar-refractivity contribution in [2.45, 2.75) is 44.9 Å². The molecule has 0 amide bonds. The summed E-state index contributed by atoms with van der Waals surface area (Å²) >= 11 is 0. The van der Waals surface area contributed by atoms with Crippen LogP contribution < -0.4 is 0 Å². The molecule has 1 saturated carbocycles. The molecule has 1 N–H and O–H groups in total. The lowest BCUT2D eigenvalue weighted by Crippen LogP contribution is -2.50. The first kappa shape index (κ1) is 13.3. The van der Waals surface area contributed by atoms with Gasteiger partial charge in [0.05, 0.1) is 6.54 Å². The number of aliphatic carboxylic acids is 1. The van der Waals surface area contributed by atoms with E-state index >= 15 is 0 Å². The quantitative estimate of drug-likeness (QED) is 0.798. The van der Waals surface area contributed by atoms with E-state index in [0.29, 0.717) is 12.8 Å². The van der Waals surface area contributed by atoms with Crippen LogP contribution in [0.4, 0.5) is 13.2 Å². The van der Waals surface area contributed by atoms with Gasteiger partial charge in [0.25, 0.3) is 0 Å². The van der Waals surface area contributed by atoms with Gasteiger partial charge in [0.2, 0.25) is 0 Å². The van der Waals surface area contributed by atoms with Crippen molar-refractivity contribution in [3.8, 4) is 0 Å². The van der Waals surface area contributed by atoms with Crippen molar-refractivity contribution in [3.63, 3.8) is 0 Å². The Hall–Kier alpha value is -0.780. The monoisotopic (exact) mass is 239 g/mol. The van der Waals surface area contributed by atoms with Crippen LogP contribution in [0.15, 0.2) is 0 Å². The predicted octanol–water partition coefficient (Wildman–Crippen LogP) is 2.12. The van der Waals surface area contributed by atoms with Gasteiger partial charge in [-0.3, -0.25) is 9.69 Å². The molecule has 0 aliphatic heterocycles. The molecule has 1 aliphatic carbocycles. The van der Waals surface area contributed by atoms with Crippen molar-refractivity contribution in [2.24, 2.45) is 5.92 Å². The lowest BCUT2D eigenvalue weighted by Gasteiger charge is -2.32. The summed E-state index contributed by atoms with van der Waals surface area (Å²) in [6.07, 6.45) is -2.94. The predicted molar refractivity (Wildman–Crippen MR) is 52.0 cm³/mol. The Balaban J connectivity index is 2.77. The minimum Gasteiger partial charge on any atom is -0.480 e. The molecule has 1 unspecified atom stereocenters.